The fourth-order valence-corrected chi connectivity index (χ4v) is 2.48. The first-order valence-corrected chi connectivity index (χ1v) is 7.93. The van der Waals surface area contributed by atoms with E-state index in [0.717, 1.165) is 16.9 Å². The summed E-state index contributed by atoms with van der Waals surface area (Å²) in [6.07, 6.45) is -2.15. The van der Waals surface area contributed by atoms with Gasteiger partial charge in [-0.1, -0.05) is 0 Å². The van der Waals surface area contributed by atoms with E-state index in [9.17, 15) is 22.0 Å². The zero-order chi connectivity index (χ0) is 15.9. The highest BCUT2D eigenvalue weighted by molar-refractivity contribution is 7.90. The first kappa shape index (κ1) is 15.5. The third-order valence-corrected chi connectivity index (χ3v) is 3.69. The van der Waals surface area contributed by atoms with Crippen molar-refractivity contribution in [1.82, 2.24) is 14.5 Å². The third-order valence-electron chi connectivity index (χ3n) is 2.85. The van der Waals surface area contributed by atoms with Crippen molar-refractivity contribution in [3.8, 4) is 0 Å². The van der Waals surface area contributed by atoms with Crippen molar-refractivity contribution in [1.29, 1.82) is 0 Å². The maximum absolute atomic E-state index is 13.1. The van der Waals surface area contributed by atoms with Crippen molar-refractivity contribution in [2.24, 2.45) is 0 Å². The van der Waals surface area contributed by atoms with Gasteiger partial charge in [-0.25, -0.2) is 22.2 Å². The van der Waals surface area contributed by atoms with Crippen LogP contribution < -0.4 is 5.56 Å². The Kier molecular flexibility index (Phi) is 3.79. The molecule has 9 heteroatoms. The van der Waals surface area contributed by atoms with E-state index >= 15 is 0 Å². The highest BCUT2D eigenvalue weighted by atomic mass is 32.2. The Balaban J connectivity index is 3.04. The molecule has 2 heterocycles. The molecule has 0 N–H and O–H groups in total. The Morgan fingerprint density at radius 1 is 1.19 bits per heavy atom. The number of hydrogen-bond acceptors (Lipinski definition) is 5. The molecule has 0 unspecified atom stereocenters. The minimum atomic E-state index is -3.88. The second kappa shape index (κ2) is 5.14. The van der Waals surface area contributed by atoms with Crippen LogP contribution in [-0.4, -0.2) is 29.2 Å². The number of sulfone groups is 1. The van der Waals surface area contributed by atoms with Crippen LogP contribution in [-0.2, 0) is 9.84 Å². The van der Waals surface area contributed by atoms with Crippen molar-refractivity contribution < 1.29 is 17.2 Å². The van der Waals surface area contributed by atoms with E-state index < -0.39 is 32.7 Å². The number of nitrogens with zero attached hydrogens (tertiary/aromatic N) is 3. The van der Waals surface area contributed by atoms with Gasteiger partial charge in [-0.3, -0.25) is 9.36 Å². The van der Waals surface area contributed by atoms with Gasteiger partial charge in [0.15, 0.2) is 0 Å². The predicted octanol–water partition coefficient (Wildman–Crippen LogP) is 1.71. The number of hydrogen-bond donors (Lipinski definition) is 0. The smallest absolute Gasteiger partial charge is 0.281 e. The van der Waals surface area contributed by atoms with Gasteiger partial charge in [-0.2, -0.15) is 4.98 Å². The van der Waals surface area contributed by atoms with Crippen LogP contribution in [0.2, 0.25) is 0 Å². The summed E-state index contributed by atoms with van der Waals surface area (Å²) in [5, 5.41) is -0.754. The van der Waals surface area contributed by atoms with Gasteiger partial charge in [0.2, 0.25) is 15.0 Å². The summed E-state index contributed by atoms with van der Waals surface area (Å²) in [4.78, 5) is 19.1. The maximum Gasteiger partial charge on any atom is 0.281 e. The lowest BCUT2D eigenvalue weighted by Gasteiger charge is -2.15. The zero-order valence-corrected chi connectivity index (χ0v) is 12.4. The highest BCUT2D eigenvalue weighted by Gasteiger charge is 2.23. The summed E-state index contributed by atoms with van der Waals surface area (Å²) >= 11 is 0. The Morgan fingerprint density at radius 2 is 1.81 bits per heavy atom. The summed E-state index contributed by atoms with van der Waals surface area (Å²) < 4.78 is 50.5. The van der Waals surface area contributed by atoms with E-state index in [-0.39, 0.29) is 17.1 Å². The molecule has 2 rings (SSSR count). The van der Waals surface area contributed by atoms with E-state index in [1.807, 2.05) is 0 Å². The van der Waals surface area contributed by atoms with Crippen molar-refractivity contribution in [2.75, 3.05) is 6.26 Å². The van der Waals surface area contributed by atoms with Gasteiger partial charge >= 0.3 is 0 Å². The number of halogens is 2. The normalized spacial score (nSPS) is 12.5. The fourth-order valence-electron chi connectivity index (χ4n) is 1.97. The van der Waals surface area contributed by atoms with E-state index in [2.05, 4.69) is 9.97 Å². The first-order valence-electron chi connectivity index (χ1n) is 6.04. The largest absolute Gasteiger partial charge is 0.290 e. The maximum atomic E-state index is 13.1. The fraction of sp³-hybridized carbons (Fsp3) is 0.417. The Bertz CT molecular complexity index is 860. The SMILES string of the molecule is CC(C)n1c(=O)ccc2c(C(F)F)nc(S(C)(=O)=O)nc21. The molecule has 2 aromatic heterocycles. The number of pyridine rings is 1. The van der Waals surface area contributed by atoms with E-state index in [1.54, 1.807) is 13.8 Å². The summed E-state index contributed by atoms with van der Waals surface area (Å²) in [6.45, 7) is 3.34. The lowest BCUT2D eigenvalue weighted by atomic mass is 10.2. The first-order chi connectivity index (χ1) is 9.62. The molecule has 6 nitrogen and oxygen atoms in total. The molecule has 0 spiro atoms. The molecule has 0 saturated carbocycles. The number of alkyl halides is 2. The Morgan fingerprint density at radius 3 is 2.29 bits per heavy atom. The zero-order valence-electron chi connectivity index (χ0n) is 11.5. The van der Waals surface area contributed by atoms with Crippen molar-refractivity contribution in [2.45, 2.75) is 31.5 Å². The minimum absolute atomic E-state index is 0.0364. The Labute approximate surface area is 119 Å². The van der Waals surface area contributed by atoms with Crippen LogP contribution in [0.4, 0.5) is 8.78 Å². The summed E-state index contributed by atoms with van der Waals surface area (Å²) in [5.74, 6) is 0. The summed E-state index contributed by atoms with van der Waals surface area (Å²) in [7, 11) is -3.88. The van der Waals surface area contributed by atoms with E-state index in [0.29, 0.717) is 0 Å². The van der Waals surface area contributed by atoms with E-state index in [1.165, 1.54) is 6.07 Å². The summed E-state index contributed by atoms with van der Waals surface area (Å²) in [6, 6.07) is 1.95. The van der Waals surface area contributed by atoms with Crippen molar-refractivity contribution >= 4 is 20.9 Å². The standard InChI is InChI=1S/C12H13F2N3O3S/c1-6(2)17-8(18)5-4-7-9(10(13)14)15-12(16-11(7)17)21(3,19)20/h4-6,10H,1-3H3. The van der Waals surface area contributed by atoms with E-state index in [4.69, 9.17) is 0 Å². The number of aromatic nitrogens is 3. The monoisotopic (exact) mass is 317 g/mol. The topological polar surface area (TPSA) is 81.9 Å². The van der Waals surface area contributed by atoms with Crippen LogP contribution in [0.3, 0.4) is 0 Å². The average molecular weight is 317 g/mol. The molecule has 0 bridgehead atoms. The molecule has 0 aliphatic heterocycles. The molecule has 114 valence electrons. The molecule has 0 aliphatic rings. The predicted molar refractivity (Wildman–Crippen MR) is 72.2 cm³/mol. The van der Waals surface area contributed by atoms with Crippen LogP contribution in [0, 0.1) is 0 Å². The van der Waals surface area contributed by atoms with Crippen LogP contribution in [0.15, 0.2) is 22.1 Å². The van der Waals surface area contributed by atoms with Gasteiger partial charge in [0.1, 0.15) is 11.3 Å². The van der Waals surface area contributed by atoms with Gasteiger partial charge in [-0.15, -0.1) is 0 Å². The number of fused-ring (bicyclic) bond motifs is 1. The molecule has 21 heavy (non-hydrogen) atoms. The van der Waals surface area contributed by atoms with Gasteiger partial charge in [0, 0.05) is 23.8 Å². The van der Waals surface area contributed by atoms with Crippen molar-refractivity contribution in [3.05, 3.63) is 28.2 Å². The second-order valence-electron chi connectivity index (χ2n) is 4.84. The lowest BCUT2D eigenvalue weighted by Crippen LogP contribution is -2.23. The second-order valence-corrected chi connectivity index (χ2v) is 6.75. The molecule has 0 atom stereocenters. The third kappa shape index (κ3) is 2.78. The van der Waals surface area contributed by atoms with Crippen LogP contribution in [0.1, 0.15) is 32.0 Å². The van der Waals surface area contributed by atoms with Crippen LogP contribution >= 0.6 is 0 Å². The number of rotatable bonds is 3. The molecule has 2 aromatic rings. The summed E-state index contributed by atoms with van der Waals surface area (Å²) in [5.41, 5.74) is -1.26. The molecule has 0 amide bonds. The van der Waals surface area contributed by atoms with Crippen LogP contribution in [0.5, 0.6) is 0 Å². The van der Waals surface area contributed by atoms with Crippen LogP contribution in [0.25, 0.3) is 11.0 Å². The van der Waals surface area contributed by atoms with Gasteiger partial charge < -0.3 is 0 Å². The van der Waals surface area contributed by atoms with Gasteiger partial charge in [-0.05, 0) is 19.9 Å². The quantitative estimate of drug-likeness (QED) is 0.805. The minimum Gasteiger partial charge on any atom is -0.290 e. The molecule has 0 saturated heterocycles. The molecular formula is C12H13F2N3O3S. The van der Waals surface area contributed by atoms with Gasteiger partial charge in [0.05, 0.1) is 0 Å². The van der Waals surface area contributed by atoms with Crippen molar-refractivity contribution in [3.63, 3.8) is 0 Å². The molecular weight excluding hydrogens is 304 g/mol. The highest BCUT2D eigenvalue weighted by Crippen LogP contribution is 2.26. The molecule has 0 radical (unpaired) electrons. The molecule has 0 aromatic carbocycles. The molecule has 0 aliphatic carbocycles. The molecule has 0 fully saturated rings. The lowest BCUT2D eigenvalue weighted by molar-refractivity contribution is 0.147. The average Bonchev–Trinajstić information content (AvgIpc) is 2.35. The van der Waals surface area contributed by atoms with Gasteiger partial charge in [0.25, 0.3) is 12.0 Å². The Hall–Kier alpha value is -1.90.